The molecular weight excluding hydrogens is 238 g/mol. The first-order valence-corrected chi connectivity index (χ1v) is 7.44. The Kier molecular flexibility index (Phi) is 4.75. The summed E-state index contributed by atoms with van der Waals surface area (Å²) in [7, 11) is 0. The molecule has 0 aromatic carbocycles. The van der Waals surface area contributed by atoms with Crippen LogP contribution in [-0.4, -0.2) is 23.1 Å². The zero-order chi connectivity index (χ0) is 13.7. The molecule has 0 radical (unpaired) electrons. The largest absolute Gasteiger partial charge is 0.370 e. The minimum absolute atomic E-state index is 0.247. The molecule has 1 aromatic heterocycles. The molecule has 106 valence electrons. The molecule has 1 saturated carbocycles. The molecular formula is C15H25N3O. The molecule has 0 saturated heterocycles. The Morgan fingerprint density at radius 3 is 2.63 bits per heavy atom. The third-order valence-corrected chi connectivity index (χ3v) is 3.65. The maximum absolute atomic E-state index is 6.04. The zero-order valence-corrected chi connectivity index (χ0v) is 12.3. The summed E-state index contributed by atoms with van der Waals surface area (Å²) in [5.74, 6) is 1.79. The van der Waals surface area contributed by atoms with Crippen LogP contribution in [-0.2, 0) is 10.3 Å². The van der Waals surface area contributed by atoms with E-state index in [1.807, 2.05) is 19.9 Å². The van der Waals surface area contributed by atoms with Crippen molar-refractivity contribution in [2.75, 3.05) is 18.5 Å². The van der Waals surface area contributed by atoms with Crippen LogP contribution < -0.4 is 5.32 Å². The molecule has 19 heavy (non-hydrogen) atoms. The maximum atomic E-state index is 6.04. The highest BCUT2D eigenvalue weighted by molar-refractivity contribution is 5.36. The summed E-state index contributed by atoms with van der Waals surface area (Å²) >= 11 is 0. The van der Waals surface area contributed by atoms with Crippen LogP contribution in [0.2, 0.25) is 0 Å². The molecule has 0 bridgehead atoms. The van der Waals surface area contributed by atoms with Crippen LogP contribution in [0.25, 0.3) is 0 Å². The summed E-state index contributed by atoms with van der Waals surface area (Å²) < 4.78 is 6.04. The molecule has 0 spiro atoms. The van der Waals surface area contributed by atoms with E-state index in [0.717, 1.165) is 49.8 Å². The van der Waals surface area contributed by atoms with Gasteiger partial charge >= 0.3 is 0 Å². The molecule has 1 heterocycles. The van der Waals surface area contributed by atoms with E-state index in [4.69, 9.17) is 9.72 Å². The van der Waals surface area contributed by atoms with Crippen LogP contribution in [0.15, 0.2) is 6.07 Å². The van der Waals surface area contributed by atoms with Crippen molar-refractivity contribution in [2.45, 2.75) is 58.5 Å². The zero-order valence-electron chi connectivity index (χ0n) is 12.3. The van der Waals surface area contributed by atoms with Gasteiger partial charge in [-0.15, -0.1) is 0 Å². The minimum Gasteiger partial charge on any atom is -0.370 e. The Labute approximate surface area is 116 Å². The van der Waals surface area contributed by atoms with Gasteiger partial charge in [-0.2, -0.15) is 0 Å². The Hall–Kier alpha value is -1.16. The van der Waals surface area contributed by atoms with Crippen LogP contribution >= 0.6 is 0 Å². The van der Waals surface area contributed by atoms with Crippen molar-refractivity contribution in [3.63, 3.8) is 0 Å². The molecule has 2 rings (SSSR count). The first-order valence-electron chi connectivity index (χ1n) is 7.44. The summed E-state index contributed by atoms with van der Waals surface area (Å²) in [5.41, 5.74) is 0.762. The number of hydrogen-bond acceptors (Lipinski definition) is 4. The van der Waals surface area contributed by atoms with Gasteiger partial charge in [0.05, 0.1) is 0 Å². The fourth-order valence-corrected chi connectivity index (χ4v) is 2.77. The van der Waals surface area contributed by atoms with Gasteiger partial charge < -0.3 is 10.1 Å². The van der Waals surface area contributed by atoms with Crippen molar-refractivity contribution in [1.29, 1.82) is 0 Å². The Morgan fingerprint density at radius 1 is 1.26 bits per heavy atom. The molecule has 0 amide bonds. The van der Waals surface area contributed by atoms with Crippen molar-refractivity contribution >= 4 is 5.82 Å². The molecule has 0 aliphatic heterocycles. The predicted molar refractivity (Wildman–Crippen MR) is 77.3 cm³/mol. The SMILES string of the molecule is CCCNc1cc(C)nc(C2(OCC)CCCC2)n1. The van der Waals surface area contributed by atoms with Crippen LogP contribution in [0, 0.1) is 6.92 Å². The molecule has 0 atom stereocenters. The number of aromatic nitrogens is 2. The van der Waals surface area contributed by atoms with Gasteiger partial charge in [0.25, 0.3) is 0 Å². The average molecular weight is 263 g/mol. The van der Waals surface area contributed by atoms with Crippen LogP contribution in [0.5, 0.6) is 0 Å². The summed E-state index contributed by atoms with van der Waals surface area (Å²) in [6.07, 6.45) is 5.58. The summed E-state index contributed by atoms with van der Waals surface area (Å²) in [6, 6.07) is 2.01. The van der Waals surface area contributed by atoms with Gasteiger partial charge in [-0.3, -0.25) is 0 Å². The first-order chi connectivity index (χ1) is 9.20. The van der Waals surface area contributed by atoms with E-state index in [2.05, 4.69) is 17.2 Å². The highest BCUT2D eigenvalue weighted by atomic mass is 16.5. The second-order valence-corrected chi connectivity index (χ2v) is 5.28. The fraction of sp³-hybridized carbons (Fsp3) is 0.733. The molecule has 0 unspecified atom stereocenters. The van der Waals surface area contributed by atoms with Crippen LogP contribution in [0.1, 0.15) is 57.5 Å². The van der Waals surface area contributed by atoms with E-state index in [0.29, 0.717) is 0 Å². The van der Waals surface area contributed by atoms with Gasteiger partial charge in [-0.05, 0) is 46.0 Å². The van der Waals surface area contributed by atoms with Gasteiger partial charge in [-0.1, -0.05) is 6.92 Å². The number of aryl methyl sites for hydroxylation is 1. The van der Waals surface area contributed by atoms with Crippen LogP contribution in [0.3, 0.4) is 0 Å². The molecule has 4 nitrogen and oxygen atoms in total. The van der Waals surface area contributed by atoms with E-state index in [-0.39, 0.29) is 5.60 Å². The molecule has 4 heteroatoms. The van der Waals surface area contributed by atoms with E-state index in [1.165, 1.54) is 12.8 Å². The third kappa shape index (κ3) is 3.24. The van der Waals surface area contributed by atoms with Crippen LogP contribution in [0.4, 0.5) is 5.82 Å². The van der Waals surface area contributed by atoms with Gasteiger partial charge in [0.2, 0.25) is 0 Å². The van der Waals surface area contributed by atoms with Gasteiger partial charge in [0.1, 0.15) is 11.4 Å². The average Bonchev–Trinajstić information content (AvgIpc) is 2.86. The molecule has 1 N–H and O–H groups in total. The highest BCUT2D eigenvalue weighted by Gasteiger charge is 2.39. The Balaban J connectivity index is 2.28. The molecule has 1 fully saturated rings. The lowest BCUT2D eigenvalue weighted by atomic mass is 10.0. The van der Waals surface area contributed by atoms with Gasteiger partial charge in [-0.25, -0.2) is 9.97 Å². The smallest absolute Gasteiger partial charge is 0.162 e. The summed E-state index contributed by atoms with van der Waals surface area (Å²) in [6.45, 7) is 7.89. The molecule has 1 aromatic rings. The second-order valence-electron chi connectivity index (χ2n) is 5.28. The lowest BCUT2D eigenvalue weighted by molar-refractivity contribution is -0.0457. The third-order valence-electron chi connectivity index (χ3n) is 3.65. The minimum atomic E-state index is -0.247. The summed E-state index contributed by atoms with van der Waals surface area (Å²) in [4.78, 5) is 9.34. The van der Waals surface area contributed by atoms with E-state index in [9.17, 15) is 0 Å². The number of anilines is 1. The standard InChI is InChI=1S/C15H25N3O/c1-4-10-16-13-11-12(3)17-14(18-13)15(19-5-2)8-6-7-9-15/h11H,4-10H2,1-3H3,(H,16,17,18). The van der Waals surface area contributed by atoms with E-state index in [1.54, 1.807) is 0 Å². The maximum Gasteiger partial charge on any atom is 0.162 e. The summed E-state index contributed by atoms with van der Waals surface area (Å²) in [5, 5.41) is 3.35. The van der Waals surface area contributed by atoms with E-state index < -0.39 is 0 Å². The molecule has 1 aliphatic carbocycles. The monoisotopic (exact) mass is 263 g/mol. The van der Waals surface area contributed by atoms with Gasteiger partial charge in [0.15, 0.2) is 5.82 Å². The van der Waals surface area contributed by atoms with Crippen molar-refractivity contribution in [3.8, 4) is 0 Å². The highest BCUT2D eigenvalue weighted by Crippen LogP contribution is 2.40. The topological polar surface area (TPSA) is 47.0 Å². The van der Waals surface area contributed by atoms with Crippen molar-refractivity contribution in [2.24, 2.45) is 0 Å². The first kappa shape index (κ1) is 14.3. The number of nitrogens with zero attached hydrogens (tertiary/aromatic N) is 2. The lowest BCUT2D eigenvalue weighted by Gasteiger charge is -2.27. The lowest BCUT2D eigenvalue weighted by Crippen LogP contribution is -2.29. The van der Waals surface area contributed by atoms with Gasteiger partial charge in [0, 0.05) is 24.9 Å². The Bertz CT molecular complexity index is 414. The second kappa shape index (κ2) is 6.33. The van der Waals surface area contributed by atoms with Crippen molar-refractivity contribution < 1.29 is 4.74 Å². The normalized spacial score (nSPS) is 17.6. The van der Waals surface area contributed by atoms with E-state index >= 15 is 0 Å². The number of rotatable bonds is 6. The quantitative estimate of drug-likeness (QED) is 0.854. The Morgan fingerprint density at radius 2 is 2.00 bits per heavy atom. The predicted octanol–water partition coefficient (Wildman–Crippen LogP) is 3.41. The number of ether oxygens (including phenoxy) is 1. The number of nitrogens with one attached hydrogen (secondary N) is 1. The molecule has 1 aliphatic rings. The van der Waals surface area contributed by atoms with Crippen molar-refractivity contribution in [1.82, 2.24) is 9.97 Å². The fourth-order valence-electron chi connectivity index (χ4n) is 2.77. The number of hydrogen-bond donors (Lipinski definition) is 1. The van der Waals surface area contributed by atoms with Crippen molar-refractivity contribution in [3.05, 3.63) is 17.6 Å².